The van der Waals surface area contributed by atoms with E-state index in [1.807, 2.05) is 24.3 Å². The van der Waals surface area contributed by atoms with E-state index in [4.69, 9.17) is 4.74 Å². The lowest BCUT2D eigenvalue weighted by Crippen LogP contribution is -2.27. The van der Waals surface area contributed by atoms with Gasteiger partial charge in [-0.25, -0.2) is 9.97 Å². The summed E-state index contributed by atoms with van der Waals surface area (Å²) in [6, 6.07) is 7.62. The van der Waals surface area contributed by atoms with Crippen molar-refractivity contribution in [3.05, 3.63) is 47.0 Å². The molecule has 2 heterocycles. The lowest BCUT2D eigenvalue weighted by atomic mass is 10.3. The fourth-order valence-corrected chi connectivity index (χ4v) is 2.68. The Morgan fingerprint density at radius 2 is 1.85 bits per heavy atom. The molecule has 0 fully saturated rings. The van der Waals surface area contributed by atoms with Gasteiger partial charge in [-0.15, -0.1) is 0 Å². The molecule has 8 heteroatoms. The van der Waals surface area contributed by atoms with Gasteiger partial charge in [-0.05, 0) is 37.4 Å². The fraction of sp³-hybridized carbons (Fsp3) is 0.368. The molecule has 3 aromatic rings. The molecule has 0 bridgehead atoms. The predicted molar refractivity (Wildman–Crippen MR) is 106 cm³/mol. The number of nitrogens with zero attached hydrogens (tertiary/aromatic N) is 5. The molecule has 142 valence electrons. The van der Waals surface area contributed by atoms with Crippen LogP contribution in [0.4, 0.5) is 11.6 Å². The average Bonchev–Trinajstić information content (AvgIpc) is 2.70. The van der Waals surface area contributed by atoms with Crippen molar-refractivity contribution in [1.29, 1.82) is 0 Å². The van der Waals surface area contributed by atoms with Crippen LogP contribution in [0.5, 0.6) is 5.75 Å². The summed E-state index contributed by atoms with van der Waals surface area (Å²) in [7, 11) is 1.66. The van der Waals surface area contributed by atoms with E-state index in [1.54, 1.807) is 13.2 Å². The number of nitrogens with one attached hydrogen (secondary N) is 1. The van der Waals surface area contributed by atoms with Gasteiger partial charge in [0.2, 0.25) is 5.95 Å². The second-order valence-electron chi connectivity index (χ2n) is 6.08. The van der Waals surface area contributed by atoms with Gasteiger partial charge in [0.25, 0.3) is 5.56 Å². The number of hydrogen-bond donors (Lipinski definition) is 1. The Morgan fingerprint density at radius 3 is 2.56 bits per heavy atom. The highest BCUT2D eigenvalue weighted by Gasteiger charge is 2.06. The average molecular weight is 368 g/mol. The van der Waals surface area contributed by atoms with Gasteiger partial charge in [0.15, 0.2) is 5.65 Å². The number of anilines is 2. The fourth-order valence-electron chi connectivity index (χ4n) is 2.68. The molecule has 1 aromatic carbocycles. The summed E-state index contributed by atoms with van der Waals surface area (Å²) >= 11 is 0. The number of benzene rings is 1. The Kier molecular flexibility index (Phi) is 5.97. The summed E-state index contributed by atoms with van der Waals surface area (Å²) in [6.07, 6.45) is 2.85. The van der Waals surface area contributed by atoms with E-state index < -0.39 is 0 Å². The molecule has 27 heavy (non-hydrogen) atoms. The molecule has 0 spiro atoms. The first-order chi connectivity index (χ1) is 13.1. The maximum atomic E-state index is 11.7. The Morgan fingerprint density at radius 1 is 1.11 bits per heavy atom. The highest BCUT2D eigenvalue weighted by molar-refractivity contribution is 5.71. The maximum absolute atomic E-state index is 11.7. The van der Waals surface area contributed by atoms with E-state index in [9.17, 15) is 4.79 Å². The summed E-state index contributed by atoms with van der Waals surface area (Å²) in [5.74, 6) is 1.22. The molecule has 0 unspecified atom stereocenters. The van der Waals surface area contributed by atoms with Gasteiger partial charge in [-0.1, -0.05) is 13.8 Å². The van der Waals surface area contributed by atoms with Gasteiger partial charge in [0, 0.05) is 19.3 Å². The Labute approximate surface area is 157 Å². The molecule has 0 aliphatic heterocycles. The molecular weight excluding hydrogens is 344 g/mol. The number of ether oxygens (including phenoxy) is 1. The number of fused-ring (bicyclic) bond motifs is 1. The van der Waals surface area contributed by atoms with Gasteiger partial charge < -0.3 is 15.0 Å². The minimum Gasteiger partial charge on any atom is -0.492 e. The van der Waals surface area contributed by atoms with Crippen LogP contribution in [0.15, 0.2) is 41.5 Å². The van der Waals surface area contributed by atoms with Gasteiger partial charge in [0.05, 0.1) is 12.4 Å². The highest BCUT2D eigenvalue weighted by atomic mass is 16.5. The summed E-state index contributed by atoms with van der Waals surface area (Å²) in [5.41, 5.74) is 1.67. The lowest BCUT2D eigenvalue weighted by molar-refractivity contribution is 0.223. The van der Waals surface area contributed by atoms with Crippen LogP contribution in [-0.4, -0.2) is 50.7 Å². The Hall–Kier alpha value is -3.00. The molecule has 0 radical (unpaired) electrons. The lowest BCUT2D eigenvalue weighted by Gasteiger charge is -2.18. The van der Waals surface area contributed by atoms with Crippen LogP contribution < -0.4 is 15.6 Å². The predicted octanol–water partition coefficient (Wildman–Crippen LogP) is 2.19. The van der Waals surface area contributed by atoms with Crippen molar-refractivity contribution in [2.75, 3.05) is 31.6 Å². The zero-order chi connectivity index (χ0) is 19.2. The third-order valence-electron chi connectivity index (χ3n) is 4.39. The maximum Gasteiger partial charge on any atom is 0.270 e. The largest absolute Gasteiger partial charge is 0.492 e. The molecule has 0 aliphatic rings. The minimum absolute atomic E-state index is 0.210. The van der Waals surface area contributed by atoms with Crippen LogP contribution in [0.25, 0.3) is 11.2 Å². The molecule has 0 aliphatic carbocycles. The first kappa shape index (κ1) is 18.8. The number of aryl methyl sites for hydroxylation is 1. The van der Waals surface area contributed by atoms with Crippen LogP contribution in [0.3, 0.4) is 0 Å². The number of rotatable bonds is 8. The van der Waals surface area contributed by atoms with Crippen molar-refractivity contribution in [1.82, 2.24) is 24.4 Å². The topological polar surface area (TPSA) is 85.2 Å². The molecule has 3 rings (SSSR count). The number of hydrogen-bond acceptors (Lipinski definition) is 7. The van der Waals surface area contributed by atoms with Crippen LogP contribution in [0.1, 0.15) is 13.8 Å². The standard InChI is InChI=1S/C19H24N6O2/c1-4-25(5-2)10-11-27-15-8-6-14(7-9-15)22-19-21-12-16-18(23-19)24(3)17(26)13-20-16/h6-9,12-13H,4-5,10-11H2,1-3H3,(H,21,22,23). The van der Waals surface area contributed by atoms with Gasteiger partial charge in [-0.3, -0.25) is 9.36 Å². The molecule has 1 N–H and O–H groups in total. The molecule has 2 aromatic heterocycles. The van der Waals surface area contributed by atoms with E-state index in [-0.39, 0.29) is 5.56 Å². The second kappa shape index (κ2) is 8.59. The van der Waals surface area contributed by atoms with Gasteiger partial charge >= 0.3 is 0 Å². The second-order valence-corrected chi connectivity index (χ2v) is 6.08. The first-order valence-corrected chi connectivity index (χ1v) is 9.01. The smallest absolute Gasteiger partial charge is 0.270 e. The van der Waals surface area contributed by atoms with Gasteiger partial charge in [-0.2, -0.15) is 4.98 Å². The zero-order valence-electron chi connectivity index (χ0n) is 15.8. The molecule has 0 saturated carbocycles. The Balaban J connectivity index is 1.65. The van der Waals surface area contributed by atoms with Gasteiger partial charge in [0.1, 0.15) is 17.9 Å². The quantitative estimate of drug-likeness (QED) is 0.652. The molecular formula is C19H24N6O2. The molecule has 8 nitrogen and oxygen atoms in total. The SMILES string of the molecule is CCN(CC)CCOc1ccc(Nc2ncc3ncc(=O)n(C)c3n2)cc1. The molecule has 0 amide bonds. The Bertz CT molecular complexity index is 951. The van der Waals surface area contributed by atoms with E-state index >= 15 is 0 Å². The van der Waals surface area contributed by atoms with Crippen LogP contribution in [0.2, 0.25) is 0 Å². The zero-order valence-corrected chi connectivity index (χ0v) is 15.8. The third-order valence-corrected chi connectivity index (χ3v) is 4.39. The van der Waals surface area contributed by atoms with Crippen molar-refractivity contribution < 1.29 is 4.74 Å². The molecule has 0 saturated heterocycles. The minimum atomic E-state index is -0.210. The van der Waals surface area contributed by atoms with Crippen molar-refractivity contribution in [2.24, 2.45) is 7.05 Å². The number of likely N-dealkylation sites (N-methyl/N-ethyl adjacent to an activating group) is 1. The highest BCUT2D eigenvalue weighted by Crippen LogP contribution is 2.19. The van der Waals surface area contributed by atoms with Crippen molar-refractivity contribution in [3.63, 3.8) is 0 Å². The number of aromatic nitrogens is 4. The van der Waals surface area contributed by atoms with Crippen LogP contribution in [-0.2, 0) is 7.05 Å². The van der Waals surface area contributed by atoms with E-state index in [0.29, 0.717) is 23.7 Å². The summed E-state index contributed by atoms with van der Waals surface area (Å²) in [4.78, 5) is 26.7. The van der Waals surface area contributed by atoms with E-state index in [1.165, 1.54) is 10.8 Å². The van der Waals surface area contributed by atoms with Crippen LogP contribution in [0, 0.1) is 0 Å². The first-order valence-electron chi connectivity index (χ1n) is 9.01. The van der Waals surface area contributed by atoms with Crippen LogP contribution >= 0.6 is 0 Å². The summed E-state index contributed by atoms with van der Waals surface area (Å²) in [5, 5.41) is 3.13. The van der Waals surface area contributed by atoms with E-state index in [0.717, 1.165) is 31.1 Å². The monoisotopic (exact) mass is 368 g/mol. The van der Waals surface area contributed by atoms with Crippen molar-refractivity contribution >= 4 is 22.8 Å². The molecule has 0 atom stereocenters. The third kappa shape index (κ3) is 4.59. The van der Waals surface area contributed by atoms with Crippen molar-refractivity contribution in [3.8, 4) is 5.75 Å². The van der Waals surface area contributed by atoms with E-state index in [2.05, 4.69) is 39.0 Å². The normalized spacial score (nSPS) is 11.1. The van der Waals surface area contributed by atoms with Crippen molar-refractivity contribution in [2.45, 2.75) is 13.8 Å². The summed E-state index contributed by atoms with van der Waals surface area (Å²) < 4.78 is 7.23. The summed E-state index contributed by atoms with van der Waals surface area (Å²) in [6.45, 7) is 7.90.